The number of anilines is 1. The summed E-state index contributed by atoms with van der Waals surface area (Å²) in [5.74, 6) is -1.72. The molecular formula is C17H13F2NO. The van der Waals surface area contributed by atoms with Crippen LogP contribution in [-0.2, 0) is 0 Å². The van der Waals surface area contributed by atoms with Crippen LogP contribution in [0.5, 0.6) is 0 Å². The second kappa shape index (κ2) is 4.81. The first-order valence-electron chi connectivity index (χ1n) is 6.57. The lowest BCUT2D eigenvalue weighted by molar-refractivity contribution is 0.100. The maximum absolute atomic E-state index is 14.1. The number of carbonyl (C=O) groups is 1. The van der Waals surface area contributed by atoms with Gasteiger partial charge in [0, 0.05) is 17.2 Å². The molecule has 0 spiro atoms. The van der Waals surface area contributed by atoms with Crippen molar-refractivity contribution >= 4 is 17.3 Å². The van der Waals surface area contributed by atoms with Crippen molar-refractivity contribution in [2.24, 2.45) is 0 Å². The van der Waals surface area contributed by atoms with Crippen LogP contribution in [0.1, 0.15) is 29.8 Å². The molecule has 1 aliphatic heterocycles. The number of nitrogens with zero attached hydrogens (tertiary/aromatic N) is 1. The molecule has 21 heavy (non-hydrogen) atoms. The Labute approximate surface area is 121 Å². The molecule has 106 valence electrons. The standard InChI is InChI=1S/C17H13F2NO/c1-10(2)16-12-5-3-4-6-13(12)17(21)20(16)15-8-7-11(18)9-14(15)19/h3-9H,1-2H3. The smallest absolute Gasteiger partial charge is 0.263 e. The van der Waals surface area contributed by atoms with Crippen molar-refractivity contribution in [1.29, 1.82) is 0 Å². The Morgan fingerprint density at radius 1 is 1.00 bits per heavy atom. The van der Waals surface area contributed by atoms with Crippen LogP contribution >= 0.6 is 0 Å². The number of rotatable bonds is 1. The summed E-state index contributed by atoms with van der Waals surface area (Å²) in [5, 5.41) is 0. The van der Waals surface area contributed by atoms with E-state index in [0.717, 1.165) is 23.3 Å². The van der Waals surface area contributed by atoms with Crippen LogP contribution in [0.4, 0.5) is 14.5 Å². The van der Waals surface area contributed by atoms with Crippen LogP contribution in [0.3, 0.4) is 0 Å². The van der Waals surface area contributed by atoms with Crippen molar-refractivity contribution in [3.63, 3.8) is 0 Å². The molecule has 0 saturated carbocycles. The Morgan fingerprint density at radius 3 is 2.29 bits per heavy atom. The predicted molar refractivity (Wildman–Crippen MR) is 77.9 cm³/mol. The lowest BCUT2D eigenvalue weighted by atomic mass is 10.1. The van der Waals surface area contributed by atoms with E-state index in [4.69, 9.17) is 0 Å². The maximum Gasteiger partial charge on any atom is 0.263 e. The summed E-state index contributed by atoms with van der Waals surface area (Å²) in [4.78, 5) is 13.9. The minimum absolute atomic E-state index is 0.0637. The molecule has 0 bridgehead atoms. The zero-order valence-corrected chi connectivity index (χ0v) is 11.7. The molecule has 0 atom stereocenters. The summed E-state index contributed by atoms with van der Waals surface area (Å²) in [6, 6.07) is 10.4. The average Bonchev–Trinajstić information content (AvgIpc) is 2.73. The Morgan fingerprint density at radius 2 is 1.67 bits per heavy atom. The molecule has 0 aliphatic carbocycles. The Hall–Kier alpha value is -2.49. The number of fused-ring (bicyclic) bond motifs is 1. The minimum Gasteiger partial charge on any atom is -0.273 e. The second-order valence-corrected chi connectivity index (χ2v) is 5.13. The summed E-state index contributed by atoms with van der Waals surface area (Å²) in [5.41, 5.74) is 2.90. The van der Waals surface area contributed by atoms with Gasteiger partial charge in [-0.1, -0.05) is 23.8 Å². The van der Waals surface area contributed by atoms with Crippen molar-refractivity contribution in [2.45, 2.75) is 13.8 Å². The Kier molecular flexibility index (Phi) is 3.09. The molecule has 0 saturated heterocycles. The molecule has 1 amide bonds. The molecule has 0 N–H and O–H groups in total. The summed E-state index contributed by atoms with van der Waals surface area (Å²) >= 11 is 0. The second-order valence-electron chi connectivity index (χ2n) is 5.13. The molecular weight excluding hydrogens is 272 g/mol. The van der Waals surface area contributed by atoms with Gasteiger partial charge in [0.2, 0.25) is 0 Å². The number of halogens is 2. The number of hydrogen-bond acceptors (Lipinski definition) is 1. The number of carbonyl (C=O) groups excluding carboxylic acids is 1. The first-order valence-corrected chi connectivity index (χ1v) is 6.57. The molecule has 0 aromatic heterocycles. The molecule has 0 radical (unpaired) electrons. The number of hydrogen-bond donors (Lipinski definition) is 0. The van der Waals surface area contributed by atoms with E-state index >= 15 is 0 Å². The number of allylic oxidation sites excluding steroid dienone is 1. The predicted octanol–water partition coefficient (Wildman–Crippen LogP) is 4.38. The highest BCUT2D eigenvalue weighted by molar-refractivity contribution is 6.22. The van der Waals surface area contributed by atoms with Crippen molar-refractivity contribution in [3.05, 3.63) is 70.8 Å². The summed E-state index contributed by atoms with van der Waals surface area (Å²) < 4.78 is 27.2. The molecule has 1 aliphatic rings. The largest absolute Gasteiger partial charge is 0.273 e. The molecule has 1 heterocycles. The van der Waals surface area contributed by atoms with Crippen molar-refractivity contribution in [1.82, 2.24) is 0 Å². The van der Waals surface area contributed by atoms with Gasteiger partial charge in [-0.2, -0.15) is 0 Å². The number of amides is 1. The van der Waals surface area contributed by atoms with Gasteiger partial charge < -0.3 is 0 Å². The van der Waals surface area contributed by atoms with Crippen molar-refractivity contribution in [3.8, 4) is 0 Å². The monoisotopic (exact) mass is 285 g/mol. The fourth-order valence-corrected chi connectivity index (χ4v) is 2.60. The maximum atomic E-state index is 14.1. The zero-order valence-electron chi connectivity index (χ0n) is 11.7. The molecule has 4 heteroatoms. The van der Waals surface area contributed by atoms with Gasteiger partial charge in [-0.15, -0.1) is 0 Å². The third-order valence-corrected chi connectivity index (χ3v) is 3.46. The summed E-state index contributed by atoms with van der Waals surface area (Å²) in [6.45, 7) is 3.72. The van der Waals surface area contributed by atoms with Gasteiger partial charge in [-0.3, -0.25) is 9.69 Å². The Bertz CT molecular complexity index is 776. The molecule has 0 unspecified atom stereocenters. The van der Waals surface area contributed by atoms with E-state index < -0.39 is 11.6 Å². The quantitative estimate of drug-likeness (QED) is 0.761. The first-order chi connectivity index (χ1) is 10.0. The van der Waals surface area contributed by atoms with Crippen molar-refractivity contribution in [2.75, 3.05) is 4.90 Å². The van der Waals surface area contributed by atoms with Crippen LogP contribution in [0.25, 0.3) is 5.70 Å². The molecule has 2 nitrogen and oxygen atoms in total. The van der Waals surface area contributed by atoms with Gasteiger partial charge in [-0.25, -0.2) is 8.78 Å². The highest BCUT2D eigenvalue weighted by Crippen LogP contribution is 2.39. The summed E-state index contributed by atoms with van der Waals surface area (Å²) in [7, 11) is 0. The van der Waals surface area contributed by atoms with Crippen LogP contribution in [-0.4, -0.2) is 5.91 Å². The molecule has 2 aromatic carbocycles. The fraction of sp³-hybridized carbons (Fsp3) is 0.118. The van der Waals surface area contributed by atoms with Gasteiger partial charge in [0.05, 0.1) is 11.4 Å². The zero-order chi connectivity index (χ0) is 15.1. The van der Waals surface area contributed by atoms with Crippen LogP contribution in [0.2, 0.25) is 0 Å². The minimum atomic E-state index is -0.755. The van der Waals surface area contributed by atoms with E-state index in [0.29, 0.717) is 11.3 Å². The van der Waals surface area contributed by atoms with Gasteiger partial charge in [0.25, 0.3) is 5.91 Å². The molecule has 2 aromatic rings. The fourth-order valence-electron chi connectivity index (χ4n) is 2.60. The van der Waals surface area contributed by atoms with Gasteiger partial charge in [0.15, 0.2) is 0 Å². The molecule has 3 rings (SSSR count). The number of benzene rings is 2. The van der Waals surface area contributed by atoms with Gasteiger partial charge in [0.1, 0.15) is 11.6 Å². The average molecular weight is 285 g/mol. The highest BCUT2D eigenvalue weighted by atomic mass is 19.1. The highest BCUT2D eigenvalue weighted by Gasteiger charge is 2.35. The van der Waals surface area contributed by atoms with Crippen LogP contribution in [0.15, 0.2) is 48.0 Å². The van der Waals surface area contributed by atoms with Gasteiger partial charge in [-0.05, 0) is 32.0 Å². The SMILES string of the molecule is CC(C)=C1c2ccccc2C(=O)N1c1ccc(F)cc1F. The van der Waals surface area contributed by atoms with Crippen LogP contribution in [0, 0.1) is 11.6 Å². The summed E-state index contributed by atoms with van der Waals surface area (Å²) in [6.07, 6.45) is 0. The van der Waals surface area contributed by atoms with E-state index in [9.17, 15) is 13.6 Å². The third kappa shape index (κ3) is 2.03. The lowest BCUT2D eigenvalue weighted by Gasteiger charge is -2.20. The molecule has 0 fully saturated rings. The first kappa shape index (κ1) is 13.5. The third-order valence-electron chi connectivity index (χ3n) is 3.46. The Balaban J connectivity index is 2.24. The van der Waals surface area contributed by atoms with Crippen LogP contribution < -0.4 is 4.90 Å². The van der Waals surface area contributed by atoms with E-state index in [1.807, 2.05) is 26.0 Å². The van der Waals surface area contributed by atoms with E-state index in [1.54, 1.807) is 12.1 Å². The van der Waals surface area contributed by atoms with E-state index in [2.05, 4.69) is 0 Å². The van der Waals surface area contributed by atoms with E-state index in [1.165, 1.54) is 11.0 Å². The lowest BCUT2D eigenvalue weighted by Crippen LogP contribution is -2.24. The topological polar surface area (TPSA) is 20.3 Å². The normalized spacial score (nSPS) is 13.6. The van der Waals surface area contributed by atoms with Crippen molar-refractivity contribution < 1.29 is 13.6 Å². The van der Waals surface area contributed by atoms with E-state index in [-0.39, 0.29) is 11.6 Å². The van der Waals surface area contributed by atoms with Gasteiger partial charge >= 0.3 is 0 Å².